The average molecular weight is 274 g/mol. The highest BCUT2D eigenvalue weighted by atomic mass is 16.5. The van der Waals surface area contributed by atoms with Gasteiger partial charge in [-0.2, -0.15) is 5.10 Å². The van der Waals surface area contributed by atoms with E-state index in [9.17, 15) is 4.79 Å². The Balaban J connectivity index is 1.83. The summed E-state index contributed by atoms with van der Waals surface area (Å²) in [4.78, 5) is 14.4. The lowest BCUT2D eigenvalue weighted by Crippen LogP contribution is -2.31. The summed E-state index contributed by atoms with van der Waals surface area (Å²) in [6.45, 7) is 5.37. The third-order valence-corrected chi connectivity index (χ3v) is 3.69. The molecule has 1 aliphatic rings. The van der Waals surface area contributed by atoms with Crippen LogP contribution in [0.3, 0.4) is 0 Å². The first-order valence-corrected chi connectivity index (χ1v) is 6.96. The molecule has 2 aromatic heterocycles. The Morgan fingerprint density at radius 3 is 3.05 bits per heavy atom. The van der Waals surface area contributed by atoms with Gasteiger partial charge in [-0.25, -0.2) is 0 Å². The van der Waals surface area contributed by atoms with E-state index in [1.165, 1.54) is 0 Å². The fourth-order valence-corrected chi connectivity index (χ4v) is 2.66. The fourth-order valence-electron chi connectivity index (χ4n) is 2.66. The van der Waals surface area contributed by atoms with Crippen LogP contribution in [-0.4, -0.2) is 32.3 Å². The number of hydrogen-bond donors (Lipinski definition) is 0. The van der Waals surface area contributed by atoms with Crippen LogP contribution in [0.1, 0.15) is 47.7 Å². The second kappa shape index (κ2) is 5.11. The lowest BCUT2D eigenvalue weighted by Gasteiger charge is -2.21. The van der Waals surface area contributed by atoms with Crippen molar-refractivity contribution in [1.29, 1.82) is 0 Å². The molecule has 0 aliphatic carbocycles. The molecule has 0 unspecified atom stereocenters. The maximum absolute atomic E-state index is 12.6. The number of nitrogens with zero attached hydrogens (tertiary/aromatic N) is 4. The van der Waals surface area contributed by atoms with Crippen molar-refractivity contribution in [2.75, 3.05) is 6.54 Å². The topological polar surface area (TPSA) is 64.2 Å². The summed E-state index contributed by atoms with van der Waals surface area (Å²) in [6.07, 6.45) is 3.74. The standard InChI is InChI=1S/C14H18N4O2/c1-3-17-8-6-11(15-17)14(19)18-7-4-5-13(18)12-9-10(2)20-16-12/h6,8-9,13H,3-5,7H2,1-2H3/t13-/m0/s1. The van der Waals surface area contributed by atoms with E-state index in [2.05, 4.69) is 10.3 Å². The highest BCUT2D eigenvalue weighted by Gasteiger charge is 2.33. The Kier molecular flexibility index (Phi) is 3.30. The monoisotopic (exact) mass is 274 g/mol. The summed E-state index contributed by atoms with van der Waals surface area (Å²) in [5.74, 6) is 0.745. The molecular weight excluding hydrogens is 256 g/mol. The predicted molar refractivity (Wildman–Crippen MR) is 72.2 cm³/mol. The molecule has 106 valence electrons. The molecule has 2 aromatic rings. The number of aryl methyl sites for hydroxylation is 2. The van der Waals surface area contributed by atoms with Gasteiger partial charge in [-0.05, 0) is 32.8 Å². The maximum Gasteiger partial charge on any atom is 0.274 e. The molecule has 0 spiro atoms. The average Bonchev–Trinajstić information content (AvgIpc) is 3.17. The largest absolute Gasteiger partial charge is 0.361 e. The molecule has 3 heterocycles. The Labute approximate surface area is 117 Å². The van der Waals surface area contributed by atoms with E-state index in [0.29, 0.717) is 5.69 Å². The second-order valence-electron chi connectivity index (χ2n) is 5.08. The van der Waals surface area contributed by atoms with Gasteiger partial charge < -0.3 is 9.42 Å². The molecule has 6 nitrogen and oxygen atoms in total. The molecule has 0 N–H and O–H groups in total. The van der Waals surface area contributed by atoms with Gasteiger partial charge in [0, 0.05) is 25.4 Å². The number of carbonyl (C=O) groups excluding carboxylic acids is 1. The molecule has 20 heavy (non-hydrogen) atoms. The van der Waals surface area contributed by atoms with Gasteiger partial charge >= 0.3 is 0 Å². The molecule has 6 heteroatoms. The van der Waals surface area contributed by atoms with Crippen LogP contribution in [-0.2, 0) is 6.54 Å². The van der Waals surface area contributed by atoms with Gasteiger partial charge in [-0.3, -0.25) is 9.48 Å². The first-order chi connectivity index (χ1) is 9.69. The molecule has 1 fully saturated rings. The molecule has 1 aliphatic heterocycles. The van der Waals surface area contributed by atoms with Crippen LogP contribution in [0, 0.1) is 6.92 Å². The lowest BCUT2D eigenvalue weighted by atomic mass is 10.1. The summed E-state index contributed by atoms with van der Waals surface area (Å²) in [5, 5.41) is 8.34. The van der Waals surface area contributed by atoms with Crippen molar-refractivity contribution in [3.8, 4) is 0 Å². The van der Waals surface area contributed by atoms with Crippen molar-refractivity contribution in [3.05, 3.63) is 35.5 Å². The van der Waals surface area contributed by atoms with E-state index in [4.69, 9.17) is 4.52 Å². The SMILES string of the molecule is CCn1ccc(C(=O)N2CCC[C@H]2c2cc(C)on2)n1. The third kappa shape index (κ3) is 2.21. The molecule has 3 rings (SSSR count). The zero-order valence-electron chi connectivity index (χ0n) is 11.7. The van der Waals surface area contributed by atoms with Crippen molar-refractivity contribution < 1.29 is 9.32 Å². The zero-order valence-corrected chi connectivity index (χ0v) is 11.7. The molecule has 1 saturated heterocycles. The number of amides is 1. The van der Waals surface area contributed by atoms with E-state index < -0.39 is 0 Å². The Morgan fingerprint density at radius 1 is 1.55 bits per heavy atom. The smallest absolute Gasteiger partial charge is 0.274 e. The van der Waals surface area contributed by atoms with Gasteiger partial charge in [0.1, 0.15) is 17.1 Å². The van der Waals surface area contributed by atoms with E-state index in [1.54, 1.807) is 10.7 Å². The number of hydrogen-bond acceptors (Lipinski definition) is 4. The minimum atomic E-state index is -0.0275. The van der Waals surface area contributed by atoms with Crippen LogP contribution >= 0.6 is 0 Å². The summed E-state index contributed by atoms with van der Waals surface area (Å²) in [5.41, 5.74) is 1.34. The minimum absolute atomic E-state index is 0.00623. The van der Waals surface area contributed by atoms with Gasteiger partial charge in [-0.1, -0.05) is 5.16 Å². The summed E-state index contributed by atoms with van der Waals surface area (Å²) >= 11 is 0. The Morgan fingerprint density at radius 2 is 2.40 bits per heavy atom. The number of rotatable bonds is 3. The number of aromatic nitrogens is 3. The van der Waals surface area contributed by atoms with Gasteiger partial charge in [0.2, 0.25) is 0 Å². The van der Waals surface area contributed by atoms with Crippen molar-refractivity contribution in [1.82, 2.24) is 19.8 Å². The highest BCUT2D eigenvalue weighted by Crippen LogP contribution is 2.32. The van der Waals surface area contributed by atoms with E-state index in [1.807, 2.05) is 31.0 Å². The molecule has 0 radical (unpaired) electrons. The normalized spacial score (nSPS) is 18.7. The second-order valence-corrected chi connectivity index (χ2v) is 5.08. The summed E-state index contributed by atoms with van der Waals surface area (Å²) in [7, 11) is 0. The summed E-state index contributed by atoms with van der Waals surface area (Å²) < 4.78 is 6.89. The molecular formula is C14H18N4O2. The first-order valence-electron chi connectivity index (χ1n) is 6.96. The molecule has 0 aromatic carbocycles. The van der Waals surface area contributed by atoms with Crippen LogP contribution in [0.15, 0.2) is 22.9 Å². The molecule has 0 saturated carbocycles. The fraction of sp³-hybridized carbons (Fsp3) is 0.500. The van der Waals surface area contributed by atoms with Crippen molar-refractivity contribution in [3.63, 3.8) is 0 Å². The Bertz CT molecular complexity index is 616. The van der Waals surface area contributed by atoms with Crippen molar-refractivity contribution in [2.24, 2.45) is 0 Å². The first kappa shape index (κ1) is 12.9. The van der Waals surface area contributed by atoms with Gasteiger partial charge in [-0.15, -0.1) is 0 Å². The van der Waals surface area contributed by atoms with E-state index in [0.717, 1.165) is 37.4 Å². The van der Waals surface area contributed by atoms with Crippen LogP contribution in [0.4, 0.5) is 0 Å². The van der Waals surface area contributed by atoms with Crippen LogP contribution in [0.25, 0.3) is 0 Å². The molecule has 1 atom stereocenters. The highest BCUT2D eigenvalue weighted by molar-refractivity contribution is 5.92. The Hall–Kier alpha value is -2.11. The van der Waals surface area contributed by atoms with Crippen LogP contribution in [0.5, 0.6) is 0 Å². The summed E-state index contributed by atoms with van der Waals surface area (Å²) in [6, 6.07) is 3.68. The van der Waals surface area contributed by atoms with Crippen LogP contribution in [0.2, 0.25) is 0 Å². The molecule has 1 amide bonds. The van der Waals surface area contributed by atoms with Gasteiger partial charge in [0.25, 0.3) is 5.91 Å². The predicted octanol–water partition coefficient (Wildman–Crippen LogP) is 2.18. The minimum Gasteiger partial charge on any atom is -0.361 e. The maximum atomic E-state index is 12.6. The number of likely N-dealkylation sites (tertiary alicyclic amines) is 1. The quantitative estimate of drug-likeness (QED) is 0.860. The van der Waals surface area contributed by atoms with Crippen LogP contribution < -0.4 is 0 Å². The van der Waals surface area contributed by atoms with Crippen molar-refractivity contribution >= 4 is 5.91 Å². The van der Waals surface area contributed by atoms with Gasteiger partial charge in [0.05, 0.1) is 6.04 Å². The number of carbonyl (C=O) groups is 1. The van der Waals surface area contributed by atoms with Gasteiger partial charge in [0.15, 0.2) is 0 Å². The van der Waals surface area contributed by atoms with Crippen molar-refractivity contribution in [2.45, 2.75) is 39.3 Å². The lowest BCUT2D eigenvalue weighted by molar-refractivity contribution is 0.0724. The molecule has 0 bridgehead atoms. The zero-order chi connectivity index (χ0) is 14.1. The van der Waals surface area contributed by atoms with E-state index in [-0.39, 0.29) is 11.9 Å². The van der Waals surface area contributed by atoms with E-state index >= 15 is 0 Å². The third-order valence-electron chi connectivity index (χ3n) is 3.69.